The molecule has 0 bridgehead atoms. The Kier molecular flexibility index (Phi) is 6.79. The maximum atomic E-state index is 10.1. The van der Waals surface area contributed by atoms with E-state index >= 15 is 0 Å². The van der Waals surface area contributed by atoms with Crippen LogP contribution < -0.4 is 4.46 Å². The molecule has 0 saturated heterocycles. The summed E-state index contributed by atoms with van der Waals surface area (Å²) in [6, 6.07) is 10.6. The van der Waals surface area contributed by atoms with Gasteiger partial charge in [0, 0.05) is 0 Å². The van der Waals surface area contributed by atoms with Crippen molar-refractivity contribution < 1.29 is 5.11 Å². The first kappa shape index (κ1) is 13.8. The monoisotopic (exact) mass is 286 g/mol. The molecule has 0 aliphatic heterocycles. The predicted molar refractivity (Wildman–Crippen MR) is 71.4 cm³/mol. The zero-order valence-electron chi connectivity index (χ0n) is 10.2. The van der Waals surface area contributed by atoms with Gasteiger partial charge in [-0.05, 0) is 0 Å². The molecule has 1 rings (SSSR count). The minimum atomic E-state index is -0.106. The fraction of sp³-hybridized carbons (Fsp3) is 0.571. The normalized spacial score (nSPS) is 14.7. The van der Waals surface area contributed by atoms with Crippen molar-refractivity contribution in [2.45, 2.75) is 50.5 Å². The van der Waals surface area contributed by atoms with Crippen molar-refractivity contribution in [1.82, 2.24) is 0 Å². The summed E-state index contributed by atoms with van der Waals surface area (Å²) in [6.07, 6.45) is 4.23. The molecule has 2 heteroatoms. The Bertz CT molecular complexity index is 273. The van der Waals surface area contributed by atoms with E-state index in [0.717, 1.165) is 19.3 Å². The second kappa shape index (κ2) is 7.89. The van der Waals surface area contributed by atoms with Crippen LogP contribution in [0.5, 0.6) is 0 Å². The van der Waals surface area contributed by atoms with Gasteiger partial charge in [-0.1, -0.05) is 0 Å². The van der Waals surface area contributed by atoms with E-state index in [4.69, 9.17) is 0 Å². The first-order valence-electron chi connectivity index (χ1n) is 6.17. The van der Waals surface area contributed by atoms with Gasteiger partial charge in [-0.3, -0.25) is 0 Å². The number of benzene rings is 1. The van der Waals surface area contributed by atoms with Crippen LogP contribution in [0.4, 0.5) is 0 Å². The van der Waals surface area contributed by atoms with Gasteiger partial charge in [-0.15, -0.1) is 0 Å². The van der Waals surface area contributed by atoms with E-state index in [0.29, 0.717) is 19.8 Å². The second-order valence-electron chi connectivity index (χ2n) is 4.11. The van der Waals surface area contributed by atoms with Gasteiger partial charge in [-0.25, -0.2) is 0 Å². The van der Waals surface area contributed by atoms with Crippen LogP contribution >= 0.6 is 0 Å². The first-order chi connectivity index (χ1) is 7.77. The molecule has 90 valence electrons. The summed E-state index contributed by atoms with van der Waals surface area (Å²) >= 11 is 0.409. The molecule has 0 aromatic heterocycles. The predicted octanol–water partition coefficient (Wildman–Crippen LogP) is 2.77. The third-order valence-electron chi connectivity index (χ3n) is 2.62. The summed E-state index contributed by atoms with van der Waals surface area (Å²) in [5.74, 6) is 0. The molecule has 1 nitrogen and oxygen atoms in total. The summed E-state index contributed by atoms with van der Waals surface area (Å²) in [7, 11) is 0. The van der Waals surface area contributed by atoms with Gasteiger partial charge >= 0.3 is 105 Å². The molecule has 1 aromatic carbocycles. The van der Waals surface area contributed by atoms with E-state index in [-0.39, 0.29) is 6.10 Å². The standard InChI is InChI=1S/C14H22OSe/c1-3-8-13(15)14(9-4-2)16-12-10-6-5-7-11-12/h5-7,10-11,13-15H,3-4,8-9H2,1-2H3/t13-,14+/m1/s1. The van der Waals surface area contributed by atoms with Gasteiger partial charge in [-0.2, -0.15) is 0 Å². The Morgan fingerprint density at radius 1 is 1.06 bits per heavy atom. The van der Waals surface area contributed by atoms with Gasteiger partial charge in [0.15, 0.2) is 0 Å². The molecule has 2 atom stereocenters. The van der Waals surface area contributed by atoms with Crippen LogP contribution in [0.2, 0.25) is 4.82 Å². The average Bonchev–Trinajstić information content (AvgIpc) is 2.30. The van der Waals surface area contributed by atoms with E-state index in [1.54, 1.807) is 0 Å². The molecular weight excluding hydrogens is 263 g/mol. The molecule has 0 aliphatic carbocycles. The van der Waals surface area contributed by atoms with E-state index in [1.165, 1.54) is 10.9 Å². The fourth-order valence-electron chi connectivity index (χ4n) is 1.77. The zero-order chi connectivity index (χ0) is 11.8. The van der Waals surface area contributed by atoms with Crippen LogP contribution in [0.1, 0.15) is 39.5 Å². The van der Waals surface area contributed by atoms with Crippen LogP contribution in [-0.4, -0.2) is 26.2 Å². The van der Waals surface area contributed by atoms with E-state index in [1.807, 2.05) is 0 Å². The summed E-state index contributed by atoms with van der Waals surface area (Å²) in [4.78, 5) is 0.486. The Hall–Kier alpha value is -0.301. The molecule has 0 radical (unpaired) electrons. The van der Waals surface area contributed by atoms with Gasteiger partial charge < -0.3 is 0 Å². The molecule has 16 heavy (non-hydrogen) atoms. The van der Waals surface area contributed by atoms with Crippen LogP contribution in [0.3, 0.4) is 0 Å². The molecule has 0 heterocycles. The van der Waals surface area contributed by atoms with Gasteiger partial charge in [0.05, 0.1) is 0 Å². The number of aliphatic hydroxyl groups is 1. The zero-order valence-corrected chi connectivity index (χ0v) is 11.9. The number of rotatable bonds is 7. The van der Waals surface area contributed by atoms with Gasteiger partial charge in [0.25, 0.3) is 0 Å². The maximum absolute atomic E-state index is 10.1. The van der Waals surface area contributed by atoms with Crippen molar-refractivity contribution >= 4 is 19.4 Å². The Morgan fingerprint density at radius 2 is 1.69 bits per heavy atom. The average molecular weight is 285 g/mol. The molecule has 0 saturated carbocycles. The molecule has 1 aromatic rings. The van der Waals surface area contributed by atoms with Crippen LogP contribution in [-0.2, 0) is 0 Å². The van der Waals surface area contributed by atoms with Gasteiger partial charge in [0.2, 0.25) is 0 Å². The molecule has 0 unspecified atom stereocenters. The van der Waals surface area contributed by atoms with Crippen molar-refractivity contribution in [2.24, 2.45) is 0 Å². The first-order valence-corrected chi connectivity index (χ1v) is 8.02. The number of hydrogen-bond acceptors (Lipinski definition) is 1. The van der Waals surface area contributed by atoms with Crippen LogP contribution in [0.15, 0.2) is 30.3 Å². The second-order valence-corrected chi connectivity index (χ2v) is 6.87. The van der Waals surface area contributed by atoms with Crippen molar-refractivity contribution in [1.29, 1.82) is 0 Å². The third kappa shape index (κ3) is 4.69. The van der Waals surface area contributed by atoms with Crippen molar-refractivity contribution in [3.8, 4) is 0 Å². The summed E-state index contributed by atoms with van der Waals surface area (Å²) in [6.45, 7) is 4.34. The molecular formula is C14H22OSe. The molecule has 0 spiro atoms. The summed E-state index contributed by atoms with van der Waals surface area (Å²) in [5.41, 5.74) is 0. The number of hydrogen-bond donors (Lipinski definition) is 1. The van der Waals surface area contributed by atoms with Crippen molar-refractivity contribution in [2.75, 3.05) is 0 Å². The molecule has 0 amide bonds. The molecule has 1 N–H and O–H groups in total. The summed E-state index contributed by atoms with van der Waals surface area (Å²) < 4.78 is 1.41. The van der Waals surface area contributed by atoms with Crippen LogP contribution in [0, 0.1) is 0 Å². The number of aliphatic hydroxyl groups excluding tert-OH is 1. The fourth-order valence-corrected chi connectivity index (χ4v) is 4.52. The van der Waals surface area contributed by atoms with E-state index in [9.17, 15) is 5.11 Å². The Morgan fingerprint density at radius 3 is 2.25 bits per heavy atom. The molecule has 0 aliphatic rings. The minimum absolute atomic E-state index is 0.106. The van der Waals surface area contributed by atoms with Crippen LogP contribution in [0.25, 0.3) is 0 Å². The summed E-state index contributed by atoms with van der Waals surface area (Å²) in [5, 5.41) is 10.1. The quantitative estimate of drug-likeness (QED) is 0.764. The van der Waals surface area contributed by atoms with Gasteiger partial charge in [0.1, 0.15) is 0 Å². The van der Waals surface area contributed by atoms with Crippen molar-refractivity contribution in [3.05, 3.63) is 30.3 Å². The Balaban J connectivity index is 2.57. The van der Waals surface area contributed by atoms with E-state index in [2.05, 4.69) is 44.2 Å². The topological polar surface area (TPSA) is 20.2 Å². The molecule has 0 fully saturated rings. The Labute approximate surface area is 105 Å². The SMILES string of the molecule is CCC[C@@H](O)[C@H](CCC)[Se]c1ccccc1. The van der Waals surface area contributed by atoms with E-state index < -0.39 is 0 Å². The third-order valence-corrected chi connectivity index (χ3v) is 5.55. The van der Waals surface area contributed by atoms with Crippen molar-refractivity contribution in [3.63, 3.8) is 0 Å².